The van der Waals surface area contributed by atoms with Crippen molar-refractivity contribution in [2.45, 2.75) is 20.3 Å². The number of rotatable bonds is 4. The van der Waals surface area contributed by atoms with Crippen LogP contribution in [0.15, 0.2) is 48.7 Å². The number of H-pyrrole nitrogens is 1. The minimum atomic E-state index is -0.575. The van der Waals surface area contributed by atoms with Gasteiger partial charge in [0.05, 0.1) is 28.5 Å². The van der Waals surface area contributed by atoms with E-state index in [1.165, 1.54) is 18.3 Å². The van der Waals surface area contributed by atoms with E-state index in [1.807, 2.05) is 24.3 Å². The van der Waals surface area contributed by atoms with E-state index in [1.54, 1.807) is 11.0 Å². The summed E-state index contributed by atoms with van der Waals surface area (Å²) in [5.74, 6) is 0.823. The number of aromatic amines is 1. The van der Waals surface area contributed by atoms with E-state index >= 15 is 0 Å². The van der Waals surface area contributed by atoms with Crippen molar-refractivity contribution in [3.8, 4) is 22.8 Å². The van der Waals surface area contributed by atoms with Gasteiger partial charge in [-0.05, 0) is 42.5 Å². The number of fused-ring (bicyclic) bond motifs is 1. The summed E-state index contributed by atoms with van der Waals surface area (Å²) in [6.45, 7) is 5.64. The normalized spacial score (nSPS) is 16.1. The van der Waals surface area contributed by atoms with E-state index in [4.69, 9.17) is 5.73 Å². The number of anilines is 1. The summed E-state index contributed by atoms with van der Waals surface area (Å²) in [6.07, 6.45) is 2.44. The molecule has 1 aliphatic rings. The third-order valence-corrected chi connectivity index (χ3v) is 6.36. The predicted molar refractivity (Wildman–Crippen MR) is 126 cm³/mol. The minimum Gasteiger partial charge on any atom is -0.382 e. The van der Waals surface area contributed by atoms with Crippen molar-refractivity contribution in [3.05, 3.63) is 60.0 Å². The fourth-order valence-corrected chi connectivity index (χ4v) is 4.31. The second kappa shape index (κ2) is 8.27. The Hall–Kier alpha value is -3.81. The molecule has 2 aromatic heterocycles. The van der Waals surface area contributed by atoms with Crippen LogP contribution < -0.4 is 5.73 Å². The van der Waals surface area contributed by atoms with E-state index < -0.39 is 5.82 Å². The Labute approximate surface area is 190 Å². The zero-order chi connectivity index (χ0) is 23.1. The number of carbonyl (C=O) groups is 1. The summed E-state index contributed by atoms with van der Waals surface area (Å²) in [5.41, 5.74) is 9.12. The number of amides is 1. The average Bonchev–Trinajstić information content (AvgIpc) is 3.46. The van der Waals surface area contributed by atoms with Crippen LogP contribution >= 0.6 is 0 Å². The molecule has 0 unspecified atom stereocenters. The van der Waals surface area contributed by atoms with Gasteiger partial charge in [-0.2, -0.15) is 0 Å². The second-order valence-corrected chi connectivity index (χ2v) is 8.83. The summed E-state index contributed by atoms with van der Waals surface area (Å²) < 4.78 is 15.0. The average molecular weight is 445 g/mol. The van der Waals surface area contributed by atoms with Crippen LogP contribution in [-0.2, 0) is 0 Å². The number of likely N-dealkylation sites (tertiary alicyclic amines) is 1. The Morgan fingerprint density at radius 2 is 2.03 bits per heavy atom. The fourth-order valence-electron chi connectivity index (χ4n) is 4.31. The van der Waals surface area contributed by atoms with Crippen LogP contribution in [0, 0.1) is 17.7 Å². The van der Waals surface area contributed by atoms with Crippen molar-refractivity contribution in [1.82, 2.24) is 24.8 Å². The number of benzene rings is 2. The molecule has 0 spiro atoms. The summed E-state index contributed by atoms with van der Waals surface area (Å²) in [6, 6.07) is 12.1. The molecule has 1 atom stereocenters. The van der Waals surface area contributed by atoms with Crippen LogP contribution in [0.2, 0.25) is 0 Å². The van der Waals surface area contributed by atoms with Crippen LogP contribution in [0.25, 0.3) is 33.8 Å². The monoisotopic (exact) mass is 444 g/mol. The van der Waals surface area contributed by atoms with Gasteiger partial charge in [-0.3, -0.25) is 4.79 Å². The van der Waals surface area contributed by atoms with Gasteiger partial charge in [0.1, 0.15) is 11.5 Å². The van der Waals surface area contributed by atoms with E-state index in [-0.39, 0.29) is 17.3 Å². The van der Waals surface area contributed by atoms with Gasteiger partial charge in [0, 0.05) is 18.7 Å². The lowest BCUT2D eigenvalue weighted by Crippen LogP contribution is -2.30. The molecule has 8 heteroatoms. The topological polar surface area (TPSA) is 101 Å². The number of nitrogen functional groups attached to an aromatic ring is 1. The molecule has 33 heavy (non-hydrogen) atoms. The molecule has 2 aromatic carbocycles. The number of imidazole rings is 1. The van der Waals surface area contributed by atoms with Crippen molar-refractivity contribution in [2.75, 3.05) is 18.8 Å². The maximum atomic E-state index is 15.0. The van der Waals surface area contributed by atoms with Crippen LogP contribution in [0.4, 0.5) is 10.2 Å². The Morgan fingerprint density at radius 3 is 2.76 bits per heavy atom. The summed E-state index contributed by atoms with van der Waals surface area (Å²) >= 11 is 0. The van der Waals surface area contributed by atoms with Crippen LogP contribution in [0.1, 0.15) is 30.6 Å². The van der Waals surface area contributed by atoms with Gasteiger partial charge in [0.2, 0.25) is 0 Å². The van der Waals surface area contributed by atoms with Crippen molar-refractivity contribution in [1.29, 1.82) is 0 Å². The van der Waals surface area contributed by atoms with Crippen molar-refractivity contribution >= 4 is 22.8 Å². The van der Waals surface area contributed by atoms with Crippen molar-refractivity contribution < 1.29 is 9.18 Å². The van der Waals surface area contributed by atoms with E-state index in [0.29, 0.717) is 47.7 Å². The Balaban J connectivity index is 1.44. The molecule has 1 amide bonds. The molecule has 1 fully saturated rings. The third-order valence-electron chi connectivity index (χ3n) is 6.36. The lowest BCUT2D eigenvalue weighted by molar-refractivity contribution is 0.0779. The molecule has 5 rings (SSSR count). The molecule has 0 saturated carbocycles. The molecule has 0 radical (unpaired) electrons. The number of carbonyl (C=O) groups excluding carboxylic acids is 1. The van der Waals surface area contributed by atoms with Crippen LogP contribution in [0.3, 0.4) is 0 Å². The van der Waals surface area contributed by atoms with E-state index in [9.17, 15) is 9.18 Å². The quantitative estimate of drug-likeness (QED) is 0.482. The summed E-state index contributed by atoms with van der Waals surface area (Å²) in [4.78, 5) is 31.2. The first-order valence-corrected chi connectivity index (χ1v) is 11.1. The van der Waals surface area contributed by atoms with E-state index in [2.05, 4.69) is 33.8 Å². The molecule has 0 aliphatic carbocycles. The Kier molecular flexibility index (Phi) is 5.28. The van der Waals surface area contributed by atoms with Gasteiger partial charge in [0.15, 0.2) is 11.6 Å². The molecule has 1 saturated heterocycles. The molecule has 3 N–H and O–H groups in total. The lowest BCUT2D eigenvalue weighted by atomic mass is 9.95. The maximum Gasteiger partial charge on any atom is 0.256 e. The van der Waals surface area contributed by atoms with Crippen LogP contribution in [-0.4, -0.2) is 43.8 Å². The first kappa shape index (κ1) is 21.1. The van der Waals surface area contributed by atoms with E-state index in [0.717, 1.165) is 17.5 Å². The number of hydrogen-bond donors (Lipinski definition) is 2. The van der Waals surface area contributed by atoms with Gasteiger partial charge in [-0.1, -0.05) is 32.0 Å². The highest BCUT2D eigenvalue weighted by atomic mass is 19.1. The maximum absolute atomic E-state index is 15.0. The Morgan fingerprint density at radius 1 is 1.21 bits per heavy atom. The zero-order valence-electron chi connectivity index (χ0n) is 18.5. The molecule has 7 nitrogen and oxygen atoms in total. The zero-order valence-corrected chi connectivity index (χ0v) is 18.5. The largest absolute Gasteiger partial charge is 0.382 e. The Bertz CT molecular complexity index is 1310. The van der Waals surface area contributed by atoms with Crippen molar-refractivity contribution in [2.24, 2.45) is 11.8 Å². The molecule has 0 bridgehead atoms. The number of hydrogen-bond acceptors (Lipinski definition) is 5. The van der Waals surface area contributed by atoms with Gasteiger partial charge in [0.25, 0.3) is 5.91 Å². The SMILES string of the molecule is CC(C)[C@@H]1CCN(C(=O)c2ccc(-c3cnc(N)c(-c4nc5ccccc5[nH]4)n3)cc2F)C1. The molecule has 1 aliphatic heterocycles. The molecule has 4 aromatic rings. The molecule has 3 heterocycles. The van der Waals surface area contributed by atoms with Crippen LogP contribution in [0.5, 0.6) is 0 Å². The van der Waals surface area contributed by atoms with Gasteiger partial charge >= 0.3 is 0 Å². The number of halogens is 1. The highest BCUT2D eigenvalue weighted by molar-refractivity contribution is 5.95. The summed E-state index contributed by atoms with van der Waals surface area (Å²) in [5, 5.41) is 0. The molecular weight excluding hydrogens is 419 g/mol. The number of nitrogens with zero attached hydrogens (tertiary/aromatic N) is 4. The third kappa shape index (κ3) is 3.92. The lowest BCUT2D eigenvalue weighted by Gasteiger charge is -2.18. The second-order valence-electron chi connectivity index (χ2n) is 8.83. The number of nitrogens with one attached hydrogen (secondary N) is 1. The first-order valence-electron chi connectivity index (χ1n) is 11.1. The molecule has 168 valence electrons. The van der Waals surface area contributed by atoms with Gasteiger partial charge in [-0.25, -0.2) is 19.3 Å². The van der Waals surface area contributed by atoms with Gasteiger partial charge in [-0.15, -0.1) is 0 Å². The van der Waals surface area contributed by atoms with Gasteiger partial charge < -0.3 is 15.6 Å². The molecular formula is C25H25FN6O. The fraction of sp³-hybridized carbons (Fsp3) is 0.280. The highest BCUT2D eigenvalue weighted by Crippen LogP contribution is 2.29. The summed E-state index contributed by atoms with van der Waals surface area (Å²) in [7, 11) is 0. The van der Waals surface area contributed by atoms with Crippen molar-refractivity contribution in [3.63, 3.8) is 0 Å². The number of para-hydroxylation sites is 2. The highest BCUT2D eigenvalue weighted by Gasteiger charge is 2.30. The number of aromatic nitrogens is 4. The number of nitrogens with two attached hydrogens (primary N) is 1. The predicted octanol–water partition coefficient (Wildman–Crippen LogP) is 4.53. The smallest absolute Gasteiger partial charge is 0.256 e. The standard InChI is InChI=1S/C25H25FN6O/c1-14(2)16-9-10-32(13-16)25(33)17-8-7-15(11-18(17)26)21-12-28-23(27)22(29-21)24-30-19-5-3-4-6-20(19)31-24/h3-8,11-12,14,16H,9-10,13H2,1-2H3,(H2,27,28)(H,30,31)/t16-/m1/s1. The minimum absolute atomic E-state index is 0.0732. The first-order chi connectivity index (χ1) is 15.9.